The Morgan fingerprint density at radius 2 is 1.27 bits per heavy atom. The molecule has 0 radical (unpaired) electrons. The molecule has 0 amide bonds. The Bertz CT molecular complexity index is 1930. The molecule has 0 N–H and O–H groups in total. The molecule has 3 heteroatoms. The highest BCUT2D eigenvalue weighted by molar-refractivity contribution is 5.90. The third kappa shape index (κ3) is 4.22. The molecule has 2 unspecified atom stereocenters. The zero-order chi connectivity index (χ0) is 27.8. The maximum absolute atomic E-state index is 9.26. The van der Waals surface area contributed by atoms with Crippen molar-refractivity contribution < 1.29 is 4.74 Å². The number of hydrogen-bond donors (Lipinski definition) is 0. The lowest BCUT2D eigenvalue weighted by atomic mass is 9.81. The Morgan fingerprint density at radius 1 is 0.659 bits per heavy atom. The van der Waals surface area contributed by atoms with Crippen LogP contribution in [0.2, 0.25) is 0 Å². The van der Waals surface area contributed by atoms with Gasteiger partial charge in [-0.25, -0.2) is 4.85 Å². The smallest absolute Gasteiger partial charge is 0.187 e. The molecule has 0 saturated heterocycles. The number of ether oxygens (including phenoxy) is 1. The zero-order valence-corrected chi connectivity index (χ0v) is 22.2. The van der Waals surface area contributed by atoms with E-state index in [0.29, 0.717) is 11.3 Å². The van der Waals surface area contributed by atoms with Gasteiger partial charge in [0.15, 0.2) is 5.69 Å². The fourth-order valence-electron chi connectivity index (χ4n) is 6.00. The summed E-state index contributed by atoms with van der Waals surface area (Å²) in [7, 11) is 0. The second kappa shape index (κ2) is 10.2. The molecule has 1 heterocycles. The predicted octanol–water partition coefficient (Wildman–Crippen LogP) is 9.61. The summed E-state index contributed by atoms with van der Waals surface area (Å²) in [6.45, 7) is 7.30. The number of fused-ring (bicyclic) bond motifs is 3. The SMILES string of the molecule is [C-]#[N+]c1ccc(-c2ccccc2-c2cccc3c2OC2C(c4ccccc4-c4ccc(C#N)cc4)=CC=CC32)cc1. The van der Waals surface area contributed by atoms with Crippen LogP contribution in [0.15, 0.2) is 133 Å². The first-order chi connectivity index (χ1) is 20.2. The standard InChI is InChI=1S/C38H24N2O/c1-40-28-22-20-27(21-23-28)30-9-3-5-11-32(30)34-13-7-15-36-35-14-6-12-33(37(35)41-38(34)36)31-10-4-2-8-29(31)26-18-16-25(24-39)17-19-26/h2-23,35,37H. The van der Waals surface area contributed by atoms with Crippen LogP contribution in [0, 0.1) is 17.9 Å². The lowest BCUT2D eigenvalue weighted by Crippen LogP contribution is -2.21. The second-order valence-electron chi connectivity index (χ2n) is 10.2. The number of rotatable bonds is 4. The average Bonchev–Trinajstić information content (AvgIpc) is 3.44. The summed E-state index contributed by atoms with van der Waals surface area (Å²) in [5, 5.41) is 9.26. The van der Waals surface area contributed by atoms with E-state index in [2.05, 4.69) is 95.9 Å². The van der Waals surface area contributed by atoms with Crippen LogP contribution in [0.1, 0.15) is 22.6 Å². The van der Waals surface area contributed by atoms with Gasteiger partial charge in [0.2, 0.25) is 0 Å². The van der Waals surface area contributed by atoms with E-state index in [4.69, 9.17) is 11.3 Å². The highest BCUT2D eigenvalue weighted by Crippen LogP contribution is 2.51. The molecule has 0 saturated carbocycles. The topological polar surface area (TPSA) is 37.4 Å². The van der Waals surface area contributed by atoms with E-state index in [9.17, 15) is 5.26 Å². The van der Waals surface area contributed by atoms with Crippen LogP contribution in [0.3, 0.4) is 0 Å². The summed E-state index contributed by atoms with van der Waals surface area (Å²) in [5.74, 6) is 1.02. The fraction of sp³-hybridized carbons (Fsp3) is 0.0526. The summed E-state index contributed by atoms with van der Waals surface area (Å²) >= 11 is 0. The van der Waals surface area contributed by atoms with E-state index in [0.717, 1.165) is 50.3 Å². The monoisotopic (exact) mass is 524 g/mol. The molecule has 192 valence electrons. The first-order valence-corrected chi connectivity index (χ1v) is 13.6. The molecule has 3 nitrogen and oxygen atoms in total. The second-order valence-corrected chi connectivity index (χ2v) is 10.2. The van der Waals surface area contributed by atoms with Gasteiger partial charge in [0.05, 0.1) is 18.2 Å². The van der Waals surface area contributed by atoms with Crippen molar-refractivity contribution in [3.8, 4) is 45.2 Å². The fourth-order valence-corrected chi connectivity index (χ4v) is 6.00. The average molecular weight is 525 g/mol. The third-order valence-corrected chi connectivity index (χ3v) is 7.96. The number of nitrogens with zero attached hydrogens (tertiary/aromatic N) is 2. The maximum Gasteiger partial charge on any atom is 0.187 e. The van der Waals surface area contributed by atoms with Crippen molar-refractivity contribution in [1.82, 2.24) is 0 Å². The normalized spacial score (nSPS) is 16.5. The summed E-state index contributed by atoms with van der Waals surface area (Å²) in [6, 6.07) is 41.0. The molecule has 1 aliphatic carbocycles. The zero-order valence-electron chi connectivity index (χ0n) is 22.2. The van der Waals surface area contributed by atoms with Gasteiger partial charge >= 0.3 is 0 Å². The minimum Gasteiger partial charge on any atom is -0.484 e. The minimum absolute atomic E-state index is 0.101. The van der Waals surface area contributed by atoms with Crippen LogP contribution >= 0.6 is 0 Å². The first-order valence-electron chi connectivity index (χ1n) is 13.6. The van der Waals surface area contributed by atoms with Gasteiger partial charge in [0.25, 0.3) is 0 Å². The number of allylic oxidation sites excluding steroid dienone is 2. The highest BCUT2D eigenvalue weighted by Gasteiger charge is 2.39. The van der Waals surface area contributed by atoms with Crippen molar-refractivity contribution in [1.29, 1.82) is 5.26 Å². The van der Waals surface area contributed by atoms with Crippen LogP contribution < -0.4 is 4.74 Å². The summed E-state index contributed by atoms with van der Waals surface area (Å²) in [4.78, 5) is 3.55. The van der Waals surface area contributed by atoms with Gasteiger partial charge in [0.1, 0.15) is 11.9 Å². The van der Waals surface area contributed by atoms with Crippen LogP contribution in [0.4, 0.5) is 5.69 Å². The van der Waals surface area contributed by atoms with Gasteiger partial charge in [-0.2, -0.15) is 5.26 Å². The van der Waals surface area contributed by atoms with Crippen LogP contribution in [-0.4, -0.2) is 6.10 Å². The summed E-state index contributed by atoms with van der Waals surface area (Å²) < 4.78 is 6.92. The summed E-state index contributed by atoms with van der Waals surface area (Å²) in [6.07, 6.45) is 6.40. The molecule has 1 aliphatic heterocycles. The third-order valence-electron chi connectivity index (χ3n) is 7.96. The van der Waals surface area contributed by atoms with Gasteiger partial charge in [-0.3, -0.25) is 0 Å². The molecule has 5 aromatic rings. The molecule has 2 atom stereocenters. The maximum atomic E-state index is 9.26. The Labute approximate surface area is 239 Å². The van der Waals surface area contributed by atoms with Gasteiger partial charge in [-0.05, 0) is 45.5 Å². The van der Waals surface area contributed by atoms with Crippen molar-refractivity contribution >= 4 is 11.3 Å². The molecule has 0 bridgehead atoms. The molecule has 5 aromatic carbocycles. The lowest BCUT2D eigenvalue weighted by molar-refractivity contribution is 0.279. The Hall–Kier alpha value is -5.64. The van der Waals surface area contributed by atoms with Crippen LogP contribution in [0.25, 0.3) is 43.8 Å². The number of benzene rings is 5. The molecule has 2 aliphatic rings. The predicted molar refractivity (Wildman–Crippen MR) is 164 cm³/mol. The van der Waals surface area contributed by atoms with Crippen LogP contribution in [0.5, 0.6) is 5.75 Å². The Morgan fingerprint density at radius 3 is 1.95 bits per heavy atom. The van der Waals surface area contributed by atoms with Gasteiger partial charge < -0.3 is 4.74 Å². The lowest BCUT2D eigenvalue weighted by Gasteiger charge is -2.25. The molecule has 0 fully saturated rings. The molecular formula is C38H24N2O. The molecular weight excluding hydrogens is 500 g/mol. The van der Waals surface area contributed by atoms with Gasteiger partial charge in [-0.1, -0.05) is 121 Å². The molecule has 7 rings (SSSR count). The first kappa shape index (κ1) is 24.4. The minimum atomic E-state index is -0.152. The molecule has 0 aromatic heterocycles. The quantitative estimate of drug-likeness (QED) is 0.220. The van der Waals surface area contributed by atoms with Gasteiger partial charge in [-0.15, -0.1) is 0 Å². The van der Waals surface area contributed by atoms with E-state index in [-0.39, 0.29) is 12.0 Å². The van der Waals surface area contributed by atoms with Crippen molar-refractivity contribution in [2.75, 3.05) is 0 Å². The van der Waals surface area contributed by atoms with Crippen molar-refractivity contribution in [3.05, 3.63) is 162 Å². The van der Waals surface area contributed by atoms with Gasteiger partial charge in [0, 0.05) is 22.6 Å². The van der Waals surface area contributed by atoms with Crippen molar-refractivity contribution in [3.63, 3.8) is 0 Å². The summed E-state index contributed by atoms with van der Waals surface area (Å²) in [5.41, 5.74) is 11.3. The molecule has 0 spiro atoms. The Balaban J connectivity index is 1.30. The van der Waals surface area contributed by atoms with E-state index < -0.39 is 0 Å². The highest BCUT2D eigenvalue weighted by atomic mass is 16.5. The van der Waals surface area contributed by atoms with Crippen LogP contribution in [-0.2, 0) is 0 Å². The number of hydrogen-bond acceptors (Lipinski definition) is 2. The van der Waals surface area contributed by atoms with Crippen molar-refractivity contribution in [2.24, 2.45) is 0 Å². The van der Waals surface area contributed by atoms with E-state index in [1.54, 1.807) is 0 Å². The Kier molecular flexibility index (Phi) is 6.05. The largest absolute Gasteiger partial charge is 0.484 e. The van der Waals surface area contributed by atoms with E-state index >= 15 is 0 Å². The van der Waals surface area contributed by atoms with E-state index in [1.165, 1.54) is 5.56 Å². The van der Waals surface area contributed by atoms with E-state index in [1.807, 2.05) is 48.5 Å². The number of nitriles is 1. The van der Waals surface area contributed by atoms with Crippen molar-refractivity contribution in [2.45, 2.75) is 12.0 Å². The number of para-hydroxylation sites is 1. The molecule has 41 heavy (non-hydrogen) atoms.